The van der Waals surface area contributed by atoms with Crippen LogP contribution in [0.15, 0.2) is 30.3 Å². The Morgan fingerprint density at radius 1 is 1.00 bits per heavy atom. The Labute approximate surface area is 175 Å². The number of carbonyl (C=O) groups is 4. The Balaban J connectivity index is 2.54. The highest BCUT2D eigenvalue weighted by Gasteiger charge is 2.25. The topological polar surface area (TPSA) is 171 Å². The summed E-state index contributed by atoms with van der Waals surface area (Å²) in [5.41, 5.74) is 6.48. The molecule has 1 rings (SSSR count). The van der Waals surface area contributed by atoms with Crippen molar-refractivity contribution in [2.45, 2.75) is 44.8 Å². The first kappa shape index (κ1) is 25.1. The number of aliphatic hydroxyl groups excluding tert-OH is 1. The largest absolute Gasteiger partial charge is 0.480 e. The Morgan fingerprint density at radius 3 is 2.17 bits per heavy atom. The van der Waals surface area contributed by atoms with Gasteiger partial charge in [-0.15, -0.1) is 0 Å². The van der Waals surface area contributed by atoms with E-state index in [0.717, 1.165) is 5.56 Å². The molecular weight excluding hydrogens is 392 g/mol. The molecule has 0 aliphatic rings. The minimum Gasteiger partial charge on any atom is -0.480 e. The Hall–Kier alpha value is -2.98. The fourth-order valence-electron chi connectivity index (χ4n) is 2.67. The molecule has 0 aromatic heterocycles. The van der Waals surface area contributed by atoms with E-state index in [0.29, 0.717) is 6.42 Å². The third kappa shape index (κ3) is 9.01. The zero-order chi connectivity index (χ0) is 22.7. The van der Waals surface area contributed by atoms with Crippen molar-refractivity contribution in [3.05, 3.63) is 35.9 Å². The van der Waals surface area contributed by atoms with E-state index in [1.54, 1.807) is 30.3 Å². The molecule has 0 bridgehead atoms. The second-order valence-electron chi connectivity index (χ2n) is 7.35. The summed E-state index contributed by atoms with van der Waals surface area (Å²) in [5.74, 6) is -3.12. The second-order valence-corrected chi connectivity index (χ2v) is 7.35. The molecule has 1 aromatic rings. The van der Waals surface area contributed by atoms with Crippen molar-refractivity contribution in [1.82, 2.24) is 16.0 Å². The van der Waals surface area contributed by atoms with Crippen molar-refractivity contribution in [1.29, 1.82) is 0 Å². The molecule has 10 heteroatoms. The number of carboxylic acids is 1. The van der Waals surface area contributed by atoms with Gasteiger partial charge in [0.2, 0.25) is 17.7 Å². The molecule has 0 saturated heterocycles. The predicted octanol–water partition coefficient (Wildman–Crippen LogP) is -1.23. The standard InChI is InChI=1S/C20H30N4O6/c1-12(2)8-14(21)18(27)24-16(11-25)19(28)22-10-17(26)23-15(20(29)30)9-13-6-4-3-5-7-13/h3-7,12,14-16,25H,8-11,21H2,1-2H3,(H,22,28)(H,23,26)(H,24,27)(H,29,30). The highest BCUT2D eigenvalue weighted by molar-refractivity contribution is 5.92. The van der Waals surface area contributed by atoms with E-state index in [1.807, 2.05) is 13.8 Å². The van der Waals surface area contributed by atoms with Gasteiger partial charge in [-0.2, -0.15) is 0 Å². The lowest BCUT2D eigenvalue weighted by atomic mass is 10.0. The number of nitrogens with two attached hydrogens (primary N) is 1. The first-order chi connectivity index (χ1) is 14.1. The monoisotopic (exact) mass is 422 g/mol. The molecule has 0 saturated carbocycles. The maximum atomic E-state index is 12.1. The average molecular weight is 422 g/mol. The smallest absolute Gasteiger partial charge is 0.326 e. The summed E-state index contributed by atoms with van der Waals surface area (Å²) < 4.78 is 0. The van der Waals surface area contributed by atoms with Gasteiger partial charge in [0.25, 0.3) is 0 Å². The summed E-state index contributed by atoms with van der Waals surface area (Å²) in [6, 6.07) is 5.51. The van der Waals surface area contributed by atoms with Gasteiger partial charge < -0.3 is 31.9 Å². The molecule has 0 radical (unpaired) electrons. The third-order valence-electron chi connectivity index (χ3n) is 4.22. The number of aliphatic hydroxyl groups is 1. The van der Waals surface area contributed by atoms with E-state index in [1.165, 1.54) is 0 Å². The van der Waals surface area contributed by atoms with Crippen LogP contribution >= 0.6 is 0 Å². The van der Waals surface area contributed by atoms with E-state index >= 15 is 0 Å². The normalized spacial score (nSPS) is 13.8. The number of nitrogens with one attached hydrogen (secondary N) is 3. The van der Waals surface area contributed by atoms with Crippen LogP contribution in [0.1, 0.15) is 25.8 Å². The van der Waals surface area contributed by atoms with Gasteiger partial charge in [-0.05, 0) is 17.9 Å². The van der Waals surface area contributed by atoms with Crippen LogP contribution in [-0.2, 0) is 25.6 Å². The summed E-state index contributed by atoms with van der Waals surface area (Å²) in [6.45, 7) is 2.59. The first-order valence-electron chi connectivity index (χ1n) is 9.64. The number of benzene rings is 1. The molecule has 0 heterocycles. The minimum absolute atomic E-state index is 0.0823. The lowest BCUT2D eigenvalue weighted by molar-refractivity contribution is -0.141. The van der Waals surface area contributed by atoms with Crippen LogP contribution in [0.2, 0.25) is 0 Å². The summed E-state index contributed by atoms with van der Waals surface area (Å²) in [5, 5.41) is 25.6. The van der Waals surface area contributed by atoms with E-state index < -0.39 is 55.0 Å². The maximum absolute atomic E-state index is 12.1. The van der Waals surface area contributed by atoms with E-state index in [2.05, 4.69) is 16.0 Å². The molecule has 1 aromatic carbocycles. The van der Waals surface area contributed by atoms with Crippen LogP contribution < -0.4 is 21.7 Å². The van der Waals surface area contributed by atoms with Crippen molar-refractivity contribution in [2.75, 3.05) is 13.2 Å². The second kappa shape index (κ2) is 12.6. The van der Waals surface area contributed by atoms with Gasteiger partial charge in [0.15, 0.2) is 0 Å². The van der Waals surface area contributed by atoms with Crippen molar-refractivity contribution < 1.29 is 29.4 Å². The lowest BCUT2D eigenvalue weighted by Gasteiger charge is -2.20. The maximum Gasteiger partial charge on any atom is 0.326 e. The van der Waals surface area contributed by atoms with Gasteiger partial charge >= 0.3 is 5.97 Å². The van der Waals surface area contributed by atoms with Crippen LogP contribution in [0.4, 0.5) is 0 Å². The average Bonchev–Trinajstić information content (AvgIpc) is 2.69. The third-order valence-corrected chi connectivity index (χ3v) is 4.22. The van der Waals surface area contributed by atoms with Crippen molar-refractivity contribution in [3.63, 3.8) is 0 Å². The first-order valence-corrected chi connectivity index (χ1v) is 9.64. The van der Waals surface area contributed by atoms with Gasteiger partial charge in [-0.25, -0.2) is 4.79 Å². The van der Waals surface area contributed by atoms with Crippen LogP contribution in [0.5, 0.6) is 0 Å². The van der Waals surface area contributed by atoms with Crippen LogP contribution in [0.25, 0.3) is 0 Å². The number of rotatable bonds is 12. The lowest BCUT2D eigenvalue weighted by Crippen LogP contribution is -2.55. The summed E-state index contributed by atoms with van der Waals surface area (Å²) in [4.78, 5) is 47.6. The number of hydrogen-bond donors (Lipinski definition) is 6. The number of amides is 3. The van der Waals surface area contributed by atoms with Gasteiger partial charge in [0, 0.05) is 6.42 Å². The quantitative estimate of drug-likeness (QED) is 0.245. The predicted molar refractivity (Wildman–Crippen MR) is 109 cm³/mol. The molecule has 0 aliphatic heterocycles. The molecule has 0 spiro atoms. The molecule has 3 amide bonds. The molecule has 10 nitrogen and oxygen atoms in total. The minimum atomic E-state index is -1.27. The molecule has 0 aliphatic carbocycles. The molecule has 7 N–H and O–H groups in total. The summed E-state index contributed by atoms with van der Waals surface area (Å²) in [6.07, 6.45) is 0.491. The van der Waals surface area contributed by atoms with Crippen LogP contribution in [0.3, 0.4) is 0 Å². The molecular formula is C20H30N4O6. The Kier molecular flexibility index (Phi) is 10.5. The van der Waals surface area contributed by atoms with Crippen molar-refractivity contribution in [2.24, 2.45) is 11.7 Å². The molecule has 3 atom stereocenters. The van der Waals surface area contributed by atoms with Crippen LogP contribution in [0, 0.1) is 5.92 Å². The zero-order valence-corrected chi connectivity index (χ0v) is 17.1. The number of carboxylic acid groups (broad SMARTS) is 1. The van der Waals surface area contributed by atoms with E-state index in [9.17, 15) is 29.4 Å². The highest BCUT2D eigenvalue weighted by atomic mass is 16.4. The van der Waals surface area contributed by atoms with E-state index in [-0.39, 0.29) is 12.3 Å². The van der Waals surface area contributed by atoms with Gasteiger partial charge in [-0.1, -0.05) is 44.2 Å². The summed E-state index contributed by atoms with van der Waals surface area (Å²) >= 11 is 0. The SMILES string of the molecule is CC(C)CC(N)C(=O)NC(CO)C(=O)NCC(=O)NC(Cc1ccccc1)C(=O)O. The Bertz CT molecular complexity index is 725. The summed E-state index contributed by atoms with van der Waals surface area (Å²) in [7, 11) is 0. The molecule has 0 fully saturated rings. The zero-order valence-electron chi connectivity index (χ0n) is 17.1. The highest BCUT2D eigenvalue weighted by Crippen LogP contribution is 2.04. The van der Waals surface area contributed by atoms with Crippen molar-refractivity contribution in [3.8, 4) is 0 Å². The van der Waals surface area contributed by atoms with Gasteiger partial charge in [-0.3, -0.25) is 14.4 Å². The van der Waals surface area contributed by atoms with Crippen molar-refractivity contribution >= 4 is 23.7 Å². The number of carbonyl (C=O) groups excluding carboxylic acids is 3. The van der Waals surface area contributed by atoms with E-state index in [4.69, 9.17) is 5.73 Å². The Morgan fingerprint density at radius 2 is 1.63 bits per heavy atom. The fraction of sp³-hybridized carbons (Fsp3) is 0.500. The fourth-order valence-corrected chi connectivity index (χ4v) is 2.67. The number of hydrogen-bond acceptors (Lipinski definition) is 6. The molecule has 30 heavy (non-hydrogen) atoms. The molecule has 3 unspecified atom stereocenters. The van der Waals surface area contributed by atoms with Crippen LogP contribution in [-0.4, -0.2) is 65.2 Å². The molecule has 166 valence electrons. The van der Waals surface area contributed by atoms with Gasteiger partial charge in [0.1, 0.15) is 12.1 Å². The van der Waals surface area contributed by atoms with Gasteiger partial charge in [0.05, 0.1) is 19.2 Å². The number of aliphatic carboxylic acids is 1.